The predicted molar refractivity (Wildman–Crippen MR) is 109 cm³/mol. The molecule has 1 atom stereocenters. The van der Waals surface area contributed by atoms with Gasteiger partial charge in [0.25, 0.3) is 0 Å². The average Bonchev–Trinajstić information content (AvgIpc) is 2.75. The van der Waals surface area contributed by atoms with Gasteiger partial charge in [-0.3, -0.25) is 4.98 Å². The predicted octanol–water partition coefficient (Wildman–Crippen LogP) is 3.63. The van der Waals surface area contributed by atoms with Crippen LogP contribution in [0.5, 0.6) is 0 Å². The first-order chi connectivity index (χ1) is 14.1. The minimum atomic E-state index is -1.41. The first-order valence-electron chi connectivity index (χ1n) is 8.73. The number of rotatable bonds is 5. The van der Waals surface area contributed by atoms with Gasteiger partial charge in [-0.2, -0.15) is 9.97 Å². The van der Waals surface area contributed by atoms with Gasteiger partial charge in [0.05, 0.1) is 18.1 Å². The van der Waals surface area contributed by atoms with Crippen molar-refractivity contribution in [2.75, 3.05) is 5.73 Å². The van der Waals surface area contributed by atoms with Gasteiger partial charge >= 0.3 is 5.16 Å². The van der Waals surface area contributed by atoms with Crippen LogP contribution in [-0.4, -0.2) is 24.5 Å². The van der Waals surface area contributed by atoms with Gasteiger partial charge in [-0.25, -0.2) is 9.37 Å². The Hall–Kier alpha value is -3.36. The molecule has 2 aromatic heterocycles. The molecule has 0 radical (unpaired) electrons. The molecule has 0 amide bonds. The van der Waals surface area contributed by atoms with E-state index in [1.54, 1.807) is 30.6 Å². The third-order valence-electron chi connectivity index (χ3n) is 4.28. The zero-order chi connectivity index (χ0) is 20.2. The number of aromatic nitrogens is 4. The molecule has 1 unspecified atom stereocenters. The number of nitrogens with zero attached hydrogens (tertiary/aromatic N) is 4. The summed E-state index contributed by atoms with van der Waals surface area (Å²) in [6.07, 6.45) is 5.93. The van der Waals surface area contributed by atoms with E-state index in [1.165, 1.54) is 18.5 Å². The van der Waals surface area contributed by atoms with Crippen molar-refractivity contribution in [3.63, 3.8) is 0 Å². The molecule has 29 heavy (non-hydrogen) atoms. The van der Waals surface area contributed by atoms with Gasteiger partial charge in [-0.1, -0.05) is 30.3 Å². The van der Waals surface area contributed by atoms with Crippen molar-refractivity contribution in [2.24, 2.45) is 0 Å². The molecule has 0 fully saturated rings. The molecule has 0 aliphatic carbocycles. The van der Waals surface area contributed by atoms with Crippen molar-refractivity contribution in [3.05, 3.63) is 84.7 Å². The van der Waals surface area contributed by atoms with Crippen LogP contribution in [0.1, 0.15) is 5.56 Å². The van der Waals surface area contributed by atoms with Gasteiger partial charge in [-0.05, 0) is 29.3 Å². The summed E-state index contributed by atoms with van der Waals surface area (Å²) in [6, 6.07) is 14.0. The monoisotopic (exact) mass is 405 g/mol. The largest absolute Gasteiger partial charge is 0.609 e. The fourth-order valence-corrected chi connectivity index (χ4v) is 3.92. The van der Waals surface area contributed by atoms with Gasteiger partial charge in [0.15, 0.2) is 0 Å². The highest BCUT2D eigenvalue weighted by molar-refractivity contribution is 7.90. The number of hydrogen-bond acceptors (Lipinski definition) is 6. The number of nitrogen functional groups attached to an aromatic ring is 1. The molecule has 0 aliphatic rings. The van der Waals surface area contributed by atoms with Gasteiger partial charge in [0.2, 0.25) is 0 Å². The van der Waals surface area contributed by atoms with Crippen LogP contribution < -0.4 is 5.73 Å². The van der Waals surface area contributed by atoms with Gasteiger partial charge < -0.3 is 10.3 Å². The summed E-state index contributed by atoms with van der Waals surface area (Å²) >= 11 is -1.41. The van der Waals surface area contributed by atoms with E-state index in [1.807, 2.05) is 24.3 Å². The fraction of sp³-hybridized carbons (Fsp3) is 0.0476. The summed E-state index contributed by atoms with van der Waals surface area (Å²) in [4.78, 5) is 16.2. The Morgan fingerprint density at radius 3 is 2.41 bits per heavy atom. The Morgan fingerprint density at radius 1 is 0.897 bits per heavy atom. The fourth-order valence-electron chi connectivity index (χ4n) is 2.90. The molecule has 2 heterocycles. The molecule has 0 spiro atoms. The van der Waals surface area contributed by atoms with Crippen molar-refractivity contribution in [2.45, 2.75) is 10.9 Å². The summed E-state index contributed by atoms with van der Waals surface area (Å²) < 4.78 is 27.4. The third-order valence-corrected chi connectivity index (χ3v) is 5.47. The zero-order valence-electron chi connectivity index (χ0n) is 15.2. The highest BCUT2D eigenvalue weighted by atomic mass is 32.2. The van der Waals surface area contributed by atoms with Crippen LogP contribution in [0.15, 0.2) is 78.5 Å². The highest BCUT2D eigenvalue weighted by Crippen LogP contribution is 2.30. The van der Waals surface area contributed by atoms with E-state index in [0.29, 0.717) is 16.8 Å². The molecule has 144 valence electrons. The molecule has 4 aromatic rings. The first-order valence-corrected chi connectivity index (χ1v) is 10.0. The van der Waals surface area contributed by atoms with Crippen LogP contribution in [0.4, 0.5) is 10.2 Å². The minimum Gasteiger partial charge on any atom is -0.609 e. The zero-order valence-corrected chi connectivity index (χ0v) is 16.0. The standard InChI is InChI=1S/C21H16FN5OS/c22-18-10-14(6-7-17(18)19-11-27-20(23)12-26-19)16-5-2-1-4-15(16)13-29(28)21-24-8-3-9-25-21/h1-12H,13H2,(H2,23,27). The molecule has 2 aromatic carbocycles. The Morgan fingerprint density at radius 2 is 1.69 bits per heavy atom. The number of anilines is 1. The van der Waals surface area contributed by atoms with Crippen LogP contribution in [0.25, 0.3) is 22.4 Å². The lowest BCUT2D eigenvalue weighted by atomic mass is 9.98. The number of hydrogen-bond donors (Lipinski definition) is 1. The van der Waals surface area contributed by atoms with E-state index in [9.17, 15) is 8.94 Å². The van der Waals surface area contributed by atoms with Crippen LogP contribution in [-0.2, 0) is 16.9 Å². The van der Waals surface area contributed by atoms with Gasteiger partial charge in [0.1, 0.15) is 17.4 Å². The van der Waals surface area contributed by atoms with Crippen molar-refractivity contribution >= 4 is 17.0 Å². The van der Waals surface area contributed by atoms with Gasteiger partial charge in [0, 0.05) is 34.7 Å². The van der Waals surface area contributed by atoms with E-state index >= 15 is 0 Å². The normalized spacial score (nSPS) is 11.9. The maximum Gasteiger partial charge on any atom is 0.342 e. The Balaban J connectivity index is 1.65. The van der Waals surface area contributed by atoms with E-state index in [4.69, 9.17) is 5.73 Å². The number of benzene rings is 2. The Labute approximate surface area is 169 Å². The summed E-state index contributed by atoms with van der Waals surface area (Å²) in [5, 5.41) is 0.269. The quantitative estimate of drug-likeness (QED) is 0.402. The number of halogens is 1. The second-order valence-corrected chi connectivity index (χ2v) is 7.54. The number of nitrogens with two attached hydrogens (primary N) is 1. The minimum absolute atomic E-state index is 0.229. The average molecular weight is 405 g/mol. The summed E-state index contributed by atoms with van der Waals surface area (Å²) in [7, 11) is 0. The van der Waals surface area contributed by atoms with Crippen LogP contribution in [0.2, 0.25) is 0 Å². The lowest BCUT2D eigenvalue weighted by Gasteiger charge is -2.13. The highest BCUT2D eigenvalue weighted by Gasteiger charge is 2.18. The van der Waals surface area contributed by atoms with E-state index in [0.717, 1.165) is 11.1 Å². The molecule has 8 heteroatoms. The molecule has 6 nitrogen and oxygen atoms in total. The van der Waals surface area contributed by atoms with Crippen LogP contribution >= 0.6 is 0 Å². The summed E-state index contributed by atoms with van der Waals surface area (Å²) in [5.41, 5.74) is 8.57. The van der Waals surface area contributed by atoms with Crippen LogP contribution in [0.3, 0.4) is 0 Å². The van der Waals surface area contributed by atoms with Crippen molar-refractivity contribution < 1.29 is 8.94 Å². The summed E-state index contributed by atoms with van der Waals surface area (Å²) in [6.45, 7) is 0. The molecule has 4 rings (SSSR count). The van der Waals surface area contributed by atoms with Crippen molar-refractivity contribution in [1.82, 2.24) is 19.9 Å². The maximum atomic E-state index is 14.8. The smallest absolute Gasteiger partial charge is 0.342 e. The van der Waals surface area contributed by atoms with Gasteiger partial charge in [-0.15, -0.1) is 0 Å². The van der Waals surface area contributed by atoms with Crippen LogP contribution in [0, 0.1) is 5.82 Å². The molecular formula is C21H16FN5OS. The lowest BCUT2D eigenvalue weighted by molar-refractivity contribution is 0.585. The van der Waals surface area contributed by atoms with Crippen molar-refractivity contribution in [3.8, 4) is 22.4 Å². The maximum absolute atomic E-state index is 14.8. The molecule has 0 bridgehead atoms. The molecule has 0 saturated carbocycles. The Kier molecular flexibility index (Phi) is 5.46. The lowest BCUT2D eigenvalue weighted by Crippen LogP contribution is -2.09. The topological polar surface area (TPSA) is 101 Å². The molecular weight excluding hydrogens is 389 g/mol. The van der Waals surface area contributed by atoms with E-state index in [2.05, 4.69) is 19.9 Å². The second-order valence-electron chi connectivity index (χ2n) is 6.20. The summed E-state index contributed by atoms with van der Waals surface area (Å²) in [5.74, 6) is 0.0754. The third kappa shape index (κ3) is 4.23. The SMILES string of the molecule is Nc1cnc(-c2ccc(-c3ccccc3C[S+]([O-])c3ncccn3)cc2F)cn1. The molecule has 0 aliphatic heterocycles. The van der Waals surface area contributed by atoms with E-state index < -0.39 is 17.0 Å². The molecule has 0 saturated heterocycles. The molecule has 2 N–H and O–H groups in total. The Bertz CT molecular complexity index is 1130. The first kappa shape index (κ1) is 19.0. The van der Waals surface area contributed by atoms with E-state index in [-0.39, 0.29) is 16.7 Å². The van der Waals surface area contributed by atoms with Crippen molar-refractivity contribution in [1.29, 1.82) is 0 Å². The second kappa shape index (κ2) is 8.34.